The summed E-state index contributed by atoms with van der Waals surface area (Å²) in [7, 11) is 0. The van der Waals surface area contributed by atoms with E-state index >= 15 is 0 Å². The lowest BCUT2D eigenvalue weighted by atomic mass is 9.79. The normalized spacial score (nSPS) is 22.8. The fourth-order valence-corrected chi connectivity index (χ4v) is 3.28. The number of hydrogen-bond donors (Lipinski definition) is 1. The number of carbonyl (C=O) groups is 1. The number of β-amino-alcohol motifs (C(OH)–C–C–N with tert-alkyl or cyclic N) is 1. The molecule has 0 saturated carbocycles. The molecule has 0 aromatic carbocycles. The Balaban J connectivity index is 3.22. The first-order valence-electron chi connectivity index (χ1n) is 7.12. The Kier molecular flexibility index (Phi) is 5.17. The van der Waals surface area contributed by atoms with Crippen molar-refractivity contribution < 1.29 is 14.6 Å². The smallest absolute Gasteiger partial charge is 0.326 e. The summed E-state index contributed by atoms with van der Waals surface area (Å²) < 4.78 is 5.49. The number of rotatable bonds is 6. The van der Waals surface area contributed by atoms with Crippen molar-refractivity contribution in [1.29, 1.82) is 0 Å². The van der Waals surface area contributed by atoms with Crippen LogP contribution in [0.4, 0.5) is 0 Å². The Hall–Kier alpha value is -0.610. The van der Waals surface area contributed by atoms with E-state index in [1.54, 1.807) is 0 Å². The second-order valence-corrected chi connectivity index (χ2v) is 5.12. The van der Waals surface area contributed by atoms with Crippen molar-refractivity contribution in [2.75, 3.05) is 19.8 Å². The molecule has 106 valence electrons. The van der Waals surface area contributed by atoms with Crippen LogP contribution in [0.1, 0.15) is 53.4 Å². The maximum atomic E-state index is 12.2. The number of cyclic esters (lactones) is 1. The largest absolute Gasteiger partial charge is 0.462 e. The van der Waals surface area contributed by atoms with Crippen LogP contribution in [0.3, 0.4) is 0 Å². The van der Waals surface area contributed by atoms with E-state index in [-0.39, 0.29) is 18.1 Å². The Morgan fingerprint density at radius 3 is 2.11 bits per heavy atom. The number of aliphatic hydroxyl groups excluding tert-OH is 1. The summed E-state index contributed by atoms with van der Waals surface area (Å²) in [4.78, 5) is 14.5. The molecule has 1 N–H and O–H groups in total. The molecule has 1 fully saturated rings. The van der Waals surface area contributed by atoms with Crippen LogP contribution in [-0.4, -0.2) is 46.8 Å². The van der Waals surface area contributed by atoms with Crippen molar-refractivity contribution in [2.45, 2.75) is 64.5 Å². The molecule has 0 atom stereocenters. The second kappa shape index (κ2) is 6.02. The highest BCUT2D eigenvalue weighted by atomic mass is 16.5. The van der Waals surface area contributed by atoms with Gasteiger partial charge in [0.15, 0.2) is 0 Å². The number of esters is 1. The molecule has 0 bridgehead atoms. The van der Waals surface area contributed by atoms with Crippen molar-refractivity contribution in [2.24, 2.45) is 0 Å². The van der Waals surface area contributed by atoms with Gasteiger partial charge in [0, 0.05) is 6.54 Å². The number of ether oxygens (including phenoxy) is 1. The molecule has 0 spiro atoms. The Bertz CT molecular complexity index is 283. The number of morpholine rings is 1. The molecule has 0 radical (unpaired) electrons. The first-order chi connectivity index (χ1) is 8.56. The van der Waals surface area contributed by atoms with Crippen molar-refractivity contribution in [3.05, 3.63) is 0 Å². The van der Waals surface area contributed by atoms with Crippen LogP contribution in [0.2, 0.25) is 0 Å². The molecular formula is C14H27NO3. The van der Waals surface area contributed by atoms with Crippen molar-refractivity contribution in [3.8, 4) is 0 Å². The van der Waals surface area contributed by atoms with E-state index in [9.17, 15) is 9.90 Å². The third kappa shape index (κ3) is 2.16. The molecule has 1 aliphatic rings. The van der Waals surface area contributed by atoms with Gasteiger partial charge >= 0.3 is 5.97 Å². The Morgan fingerprint density at radius 1 is 1.17 bits per heavy atom. The molecule has 18 heavy (non-hydrogen) atoms. The summed E-state index contributed by atoms with van der Waals surface area (Å²) in [6.07, 6.45) is 3.31. The summed E-state index contributed by atoms with van der Waals surface area (Å²) in [6, 6.07) is 0. The molecular weight excluding hydrogens is 230 g/mol. The molecule has 0 aliphatic carbocycles. The van der Waals surface area contributed by atoms with E-state index in [0.717, 1.165) is 25.7 Å². The van der Waals surface area contributed by atoms with Crippen LogP contribution < -0.4 is 0 Å². The van der Waals surface area contributed by atoms with E-state index < -0.39 is 5.54 Å². The van der Waals surface area contributed by atoms with Crippen molar-refractivity contribution in [3.63, 3.8) is 0 Å². The highest BCUT2D eigenvalue weighted by molar-refractivity contribution is 5.81. The van der Waals surface area contributed by atoms with Gasteiger partial charge in [0.1, 0.15) is 12.1 Å². The number of nitrogens with zero attached hydrogens (tertiary/aromatic N) is 1. The van der Waals surface area contributed by atoms with Gasteiger partial charge in [-0.1, -0.05) is 27.7 Å². The fourth-order valence-electron chi connectivity index (χ4n) is 3.28. The third-order valence-electron chi connectivity index (χ3n) is 4.75. The maximum Gasteiger partial charge on any atom is 0.326 e. The van der Waals surface area contributed by atoms with E-state index in [1.165, 1.54) is 0 Å². The van der Waals surface area contributed by atoms with Gasteiger partial charge in [-0.2, -0.15) is 0 Å². The first kappa shape index (κ1) is 15.4. The summed E-state index contributed by atoms with van der Waals surface area (Å²) in [5.74, 6) is -0.126. The summed E-state index contributed by atoms with van der Waals surface area (Å²) in [5, 5.41) is 9.36. The lowest BCUT2D eigenvalue weighted by Gasteiger charge is -2.55. The zero-order chi connectivity index (χ0) is 13.8. The minimum Gasteiger partial charge on any atom is -0.462 e. The van der Waals surface area contributed by atoms with Crippen LogP contribution in [-0.2, 0) is 9.53 Å². The average molecular weight is 257 g/mol. The van der Waals surface area contributed by atoms with E-state index in [2.05, 4.69) is 18.7 Å². The average Bonchev–Trinajstić information content (AvgIpc) is 2.41. The van der Waals surface area contributed by atoms with Gasteiger partial charge in [-0.25, -0.2) is 0 Å². The molecule has 1 rings (SSSR count). The highest BCUT2D eigenvalue weighted by Gasteiger charge is 2.54. The first-order valence-corrected chi connectivity index (χ1v) is 7.12. The second-order valence-electron chi connectivity index (χ2n) is 5.12. The molecule has 0 aromatic heterocycles. The van der Waals surface area contributed by atoms with Crippen molar-refractivity contribution >= 4 is 5.97 Å². The van der Waals surface area contributed by atoms with Gasteiger partial charge in [-0.15, -0.1) is 0 Å². The van der Waals surface area contributed by atoms with Crippen LogP contribution >= 0.6 is 0 Å². The van der Waals surface area contributed by atoms with Crippen molar-refractivity contribution in [1.82, 2.24) is 4.90 Å². The molecule has 1 aliphatic heterocycles. The molecule has 0 unspecified atom stereocenters. The molecule has 4 heteroatoms. The topological polar surface area (TPSA) is 49.8 Å². The van der Waals surface area contributed by atoms with Gasteiger partial charge in [-0.3, -0.25) is 9.69 Å². The van der Waals surface area contributed by atoms with E-state index in [0.29, 0.717) is 13.2 Å². The lowest BCUT2D eigenvalue weighted by Crippen LogP contribution is -2.70. The van der Waals surface area contributed by atoms with Crippen LogP contribution in [0.5, 0.6) is 0 Å². The zero-order valence-electron chi connectivity index (χ0n) is 12.2. The SMILES string of the molecule is CCC1(CC)COC(=O)C(CC)(CC)N1CCO. The minimum atomic E-state index is -0.562. The van der Waals surface area contributed by atoms with E-state index in [4.69, 9.17) is 4.74 Å². The summed E-state index contributed by atoms with van der Waals surface area (Å²) >= 11 is 0. The minimum absolute atomic E-state index is 0.0801. The molecule has 0 aromatic rings. The van der Waals surface area contributed by atoms with Crippen LogP contribution in [0.25, 0.3) is 0 Å². The van der Waals surface area contributed by atoms with Gasteiger partial charge in [-0.05, 0) is 25.7 Å². The lowest BCUT2D eigenvalue weighted by molar-refractivity contribution is -0.192. The fraction of sp³-hybridized carbons (Fsp3) is 0.929. The van der Waals surface area contributed by atoms with Gasteiger partial charge in [0.2, 0.25) is 0 Å². The number of aliphatic hydroxyl groups is 1. The standard InChI is InChI=1S/C14H27NO3/c1-5-13(6-2)11-18-12(17)14(7-3,8-4)15(13)9-10-16/h16H,5-11H2,1-4H3. The quantitative estimate of drug-likeness (QED) is 0.739. The van der Waals surface area contributed by atoms with Crippen LogP contribution in [0, 0.1) is 0 Å². The van der Waals surface area contributed by atoms with E-state index in [1.807, 2.05) is 13.8 Å². The molecule has 1 heterocycles. The summed E-state index contributed by atoms with van der Waals surface area (Å²) in [5.41, 5.74) is -0.685. The molecule has 4 nitrogen and oxygen atoms in total. The molecule has 1 saturated heterocycles. The van der Waals surface area contributed by atoms with Gasteiger partial charge in [0.25, 0.3) is 0 Å². The monoisotopic (exact) mass is 257 g/mol. The Labute approximate surface area is 110 Å². The molecule has 0 amide bonds. The van der Waals surface area contributed by atoms with Gasteiger partial charge < -0.3 is 9.84 Å². The number of carbonyl (C=O) groups excluding carboxylic acids is 1. The number of hydrogen-bond acceptors (Lipinski definition) is 4. The highest BCUT2D eigenvalue weighted by Crippen LogP contribution is 2.40. The maximum absolute atomic E-state index is 12.2. The van der Waals surface area contributed by atoms with Gasteiger partial charge in [0.05, 0.1) is 12.1 Å². The Morgan fingerprint density at radius 2 is 1.72 bits per heavy atom. The zero-order valence-corrected chi connectivity index (χ0v) is 12.2. The predicted molar refractivity (Wildman–Crippen MR) is 71.4 cm³/mol. The van der Waals surface area contributed by atoms with Crippen LogP contribution in [0.15, 0.2) is 0 Å². The third-order valence-corrected chi connectivity index (χ3v) is 4.75. The predicted octanol–water partition coefficient (Wildman–Crippen LogP) is 1.96. The summed E-state index contributed by atoms with van der Waals surface area (Å²) in [6.45, 7) is 9.37.